The third-order valence-electron chi connectivity index (χ3n) is 3.04. The number of halogens is 1. The van der Waals surface area contributed by atoms with Crippen molar-refractivity contribution < 1.29 is 4.74 Å². The van der Waals surface area contributed by atoms with Crippen molar-refractivity contribution in [3.63, 3.8) is 0 Å². The minimum Gasteiger partial charge on any atom is -0.389 e. The number of nitrogens with zero attached hydrogens (tertiary/aromatic N) is 1. The van der Waals surface area contributed by atoms with E-state index in [1.54, 1.807) is 7.11 Å². The number of hydrogen-bond donors (Lipinski definition) is 1. The molecule has 0 spiro atoms. The largest absolute Gasteiger partial charge is 0.389 e. The third-order valence-corrected chi connectivity index (χ3v) is 3.76. The van der Waals surface area contributed by atoms with Crippen LogP contribution in [0.5, 0.6) is 0 Å². The Morgan fingerprint density at radius 3 is 2.94 bits per heavy atom. The number of anilines is 1. The molecule has 0 aromatic heterocycles. The molecule has 0 saturated carbocycles. The number of hydrogen-bond acceptors (Lipinski definition) is 3. The number of thiocarbonyl (C=S) groups is 1. The average Bonchev–Trinajstić information content (AvgIpc) is 2.76. The fraction of sp³-hybridized carbons (Fsp3) is 0.417. The summed E-state index contributed by atoms with van der Waals surface area (Å²) in [5.74, 6) is 0. The van der Waals surface area contributed by atoms with E-state index in [2.05, 4.69) is 26.9 Å². The Hall–Kier alpha value is -0.650. The van der Waals surface area contributed by atoms with Crippen LogP contribution in [-0.2, 0) is 4.74 Å². The summed E-state index contributed by atoms with van der Waals surface area (Å²) in [4.78, 5) is 2.71. The van der Waals surface area contributed by atoms with Crippen LogP contribution in [-0.4, -0.2) is 31.3 Å². The zero-order valence-electron chi connectivity index (χ0n) is 9.65. The SMILES string of the molecule is COC1CCN(c2cc(Br)ccc2C(N)=S)C1. The molecule has 2 N–H and O–H groups in total. The lowest BCUT2D eigenvalue weighted by Gasteiger charge is -2.21. The number of methoxy groups -OCH3 is 1. The van der Waals surface area contributed by atoms with Gasteiger partial charge in [-0.15, -0.1) is 0 Å². The van der Waals surface area contributed by atoms with Crippen molar-refractivity contribution in [1.29, 1.82) is 0 Å². The minimum atomic E-state index is 0.299. The molecule has 0 aliphatic carbocycles. The quantitative estimate of drug-likeness (QED) is 0.869. The molecule has 0 bridgehead atoms. The van der Waals surface area contributed by atoms with E-state index in [-0.39, 0.29) is 0 Å². The molecule has 2 rings (SSSR count). The van der Waals surface area contributed by atoms with Gasteiger partial charge >= 0.3 is 0 Å². The first-order chi connectivity index (χ1) is 8.11. The fourth-order valence-electron chi connectivity index (χ4n) is 2.11. The molecule has 5 heteroatoms. The molecule has 1 atom stereocenters. The maximum atomic E-state index is 5.76. The van der Waals surface area contributed by atoms with Crippen molar-refractivity contribution in [2.75, 3.05) is 25.1 Å². The summed E-state index contributed by atoms with van der Waals surface area (Å²) in [6, 6.07) is 5.98. The fourth-order valence-corrected chi connectivity index (χ4v) is 2.64. The van der Waals surface area contributed by atoms with Crippen molar-refractivity contribution in [3.05, 3.63) is 28.2 Å². The standard InChI is InChI=1S/C12H15BrN2OS/c1-16-9-4-5-15(7-9)11-6-8(13)2-3-10(11)12(14)17/h2-3,6,9H,4-5,7H2,1H3,(H2,14,17). The Balaban J connectivity index is 2.31. The second-order valence-electron chi connectivity index (χ2n) is 4.12. The molecule has 92 valence electrons. The van der Waals surface area contributed by atoms with Gasteiger partial charge in [-0.25, -0.2) is 0 Å². The highest BCUT2D eigenvalue weighted by Gasteiger charge is 2.24. The molecule has 1 aliphatic rings. The van der Waals surface area contributed by atoms with Gasteiger partial charge in [-0.1, -0.05) is 28.1 Å². The van der Waals surface area contributed by atoms with Crippen molar-refractivity contribution in [1.82, 2.24) is 0 Å². The van der Waals surface area contributed by atoms with Crippen molar-refractivity contribution >= 4 is 38.8 Å². The Bertz CT molecular complexity index is 439. The maximum absolute atomic E-state index is 5.76. The summed E-state index contributed by atoms with van der Waals surface area (Å²) in [5.41, 5.74) is 7.78. The molecular weight excluding hydrogens is 300 g/mol. The van der Waals surface area contributed by atoms with Crippen molar-refractivity contribution in [3.8, 4) is 0 Å². The Morgan fingerprint density at radius 2 is 2.35 bits per heavy atom. The average molecular weight is 315 g/mol. The summed E-state index contributed by atoms with van der Waals surface area (Å²) in [6.07, 6.45) is 1.34. The summed E-state index contributed by atoms with van der Waals surface area (Å²) in [6.45, 7) is 1.87. The Kier molecular flexibility index (Phi) is 4.01. The van der Waals surface area contributed by atoms with Crippen LogP contribution in [0.4, 0.5) is 5.69 Å². The molecule has 17 heavy (non-hydrogen) atoms. The number of benzene rings is 1. The second kappa shape index (κ2) is 5.33. The van der Waals surface area contributed by atoms with Gasteiger partial charge in [0.05, 0.1) is 6.10 Å². The number of nitrogens with two attached hydrogens (primary N) is 1. The number of rotatable bonds is 3. The van der Waals surface area contributed by atoms with Crippen molar-refractivity contribution in [2.24, 2.45) is 5.73 Å². The van der Waals surface area contributed by atoms with Gasteiger partial charge in [0.2, 0.25) is 0 Å². The van der Waals surface area contributed by atoms with Gasteiger partial charge in [0.1, 0.15) is 4.99 Å². The lowest BCUT2D eigenvalue weighted by Crippen LogP contribution is -2.25. The molecule has 1 aromatic rings. The van der Waals surface area contributed by atoms with E-state index in [1.807, 2.05) is 12.1 Å². The highest BCUT2D eigenvalue weighted by atomic mass is 79.9. The summed E-state index contributed by atoms with van der Waals surface area (Å²) in [7, 11) is 1.75. The molecule has 1 fully saturated rings. The zero-order chi connectivity index (χ0) is 12.4. The molecule has 1 heterocycles. The van der Waals surface area contributed by atoms with Crippen molar-refractivity contribution in [2.45, 2.75) is 12.5 Å². The van der Waals surface area contributed by atoms with Crippen LogP contribution in [0.25, 0.3) is 0 Å². The van der Waals surface area contributed by atoms with E-state index in [0.717, 1.165) is 35.2 Å². The predicted octanol–water partition coefficient (Wildman–Crippen LogP) is 2.31. The highest BCUT2D eigenvalue weighted by molar-refractivity contribution is 9.10. The normalized spacial score (nSPS) is 19.6. The van der Waals surface area contributed by atoms with Gasteiger partial charge in [-0.3, -0.25) is 0 Å². The monoisotopic (exact) mass is 314 g/mol. The maximum Gasteiger partial charge on any atom is 0.106 e. The summed E-state index contributed by atoms with van der Waals surface area (Å²) >= 11 is 8.57. The van der Waals surface area contributed by atoms with E-state index in [0.29, 0.717) is 11.1 Å². The molecule has 1 saturated heterocycles. The summed E-state index contributed by atoms with van der Waals surface area (Å²) in [5, 5.41) is 0. The second-order valence-corrected chi connectivity index (χ2v) is 5.47. The topological polar surface area (TPSA) is 38.5 Å². The van der Waals surface area contributed by atoms with Gasteiger partial charge < -0.3 is 15.4 Å². The lowest BCUT2D eigenvalue weighted by atomic mass is 10.1. The van der Waals surface area contributed by atoms with E-state index in [1.165, 1.54) is 0 Å². The molecule has 1 unspecified atom stereocenters. The molecular formula is C12H15BrN2OS. The smallest absolute Gasteiger partial charge is 0.106 e. The first-order valence-electron chi connectivity index (χ1n) is 5.49. The van der Waals surface area contributed by atoms with E-state index in [4.69, 9.17) is 22.7 Å². The van der Waals surface area contributed by atoms with Crippen LogP contribution >= 0.6 is 28.1 Å². The van der Waals surface area contributed by atoms with Crippen LogP contribution < -0.4 is 10.6 Å². The van der Waals surface area contributed by atoms with E-state index >= 15 is 0 Å². The van der Waals surface area contributed by atoms with Crippen LogP contribution in [0.2, 0.25) is 0 Å². The van der Waals surface area contributed by atoms with Gasteiger partial charge in [0.25, 0.3) is 0 Å². The molecule has 1 aromatic carbocycles. The van der Waals surface area contributed by atoms with Gasteiger partial charge in [0, 0.05) is 35.9 Å². The number of ether oxygens (including phenoxy) is 1. The van der Waals surface area contributed by atoms with E-state index in [9.17, 15) is 0 Å². The van der Waals surface area contributed by atoms with Crippen LogP contribution in [0.1, 0.15) is 12.0 Å². The predicted molar refractivity (Wildman–Crippen MR) is 77.7 cm³/mol. The van der Waals surface area contributed by atoms with Gasteiger partial charge in [-0.05, 0) is 24.6 Å². The Labute approximate surface area is 115 Å². The third kappa shape index (κ3) is 2.78. The van der Waals surface area contributed by atoms with Crippen LogP contribution in [0.15, 0.2) is 22.7 Å². The molecule has 1 aliphatic heterocycles. The zero-order valence-corrected chi connectivity index (χ0v) is 12.1. The van der Waals surface area contributed by atoms with Crippen LogP contribution in [0, 0.1) is 0 Å². The first kappa shape index (κ1) is 12.8. The van der Waals surface area contributed by atoms with Gasteiger partial charge in [0.15, 0.2) is 0 Å². The molecule has 3 nitrogen and oxygen atoms in total. The first-order valence-corrected chi connectivity index (χ1v) is 6.69. The lowest BCUT2D eigenvalue weighted by molar-refractivity contribution is 0.121. The van der Waals surface area contributed by atoms with E-state index < -0.39 is 0 Å². The van der Waals surface area contributed by atoms with Crippen LogP contribution in [0.3, 0.4) is 0 Å². The summed E-state index contributed by atoms with van der Waals surface area (Å²) < 4.78 is 6.41. The molecule has 0 radical (unpaired) electrons. The minimum absolute atomic E-state index is 0.299. The highest BCUT2D eigenvalue weighted by Crippen LogP contribution is 2.28. The Morgan fingerprint density at radius 1 is 1.59 bits per heavy atom. The van der Waals surface area contributed by atoms with Gasteiger partial charge in [-0.2, -0.15) is 0 Å². The molecule has 0 amide bonds.